The van der Waals surface area contributed by atoms with Crippen LogP contribution in [0, 0.1) is 0 Å². The van der Waals surface area contributed by atoms with E-state index in [0.29, 0.717) is 25.3 Å². The van der Waals surface area contributed by atoms with Gasteiger partial charge in [-0.3, -0.25) is 0 Å². The highest BCUT2D eigenvalue weighted by Gasteiger charge is 2.37. The lowest BCUT2D eigenvalue weighted by atomic mass is 10.2. The van der Waals surface area contributed by atoms with Gasteiger partial charge in [-0.05, 0) is 12.1 Å². The van der Waals surface area contributed by atoms with Crippen molar-refractivity contribution < 1.29 is 13.2 Å². The molecule has 0 amide bonds. The van der Waals surface area contributed by atoms with Gasteiger partial charge in [0, 0.05) is 30.9 Å². The Hall–Kier alpha value is -2.18. The second-order valence-electron chi connectivity index (χ2n) is 4.84. The summed E-state index contributed by atoms with van der Waals surface area (Å²) < 4.78 is 39.2. The predicted molar refractivity (Wildman–Crippen MR) is 70.5 cm³/mol. The largest absolute Gasteiger partial charge is 0.419 e. The van der Waals surface area contributed by atoms with Crippen molar-refractivity contribution in [3.63, 3.8) is 0 Å². The van der Waals surface area contributed by atoms with Gasteiger partial charge in [0.1, 0.15) is 11.6 Å². The lowest BCUT2D eigenvalue weighted by Crippen LogP contribution is -2.21. The maximum absolute atomic E-state index is 13.1. The Morgan fingerprint density at radius 2 is 2.05 bits per heavy atom. The van der Waals surface area contributed by atoms with Crippen LogP contribution >= 0.6 is 0 Å². The molecule has 1 aliphatic heterocycles. The molecular formula is C14H13F3N4. The van der Waals surface area contributed by atoms with E-state index >= 15 is 0 Å². The molecular weight excluding hydrogens is 281 g/mol. The lowest BCUT2D eigenvalue weighted by molar-refractivity contribution is -0.137. The van der Waals surface area contributed by atoms with E-state index in [1.54, 1.807) is 11.1 Å². The summed E-state index contributed by atoms with van der Waals surface area (Å²) in [6.45, 7) is 2.61. The van der Waals surface area contributed by atoms with Crippen LogP contribution in [0.1, 0.15) is 29.6 Å². The molecule has 2 aromatic rings. The van der Waals surface area contributed by atoms with Crippen LogP contribution in [0.5, 0.6) is 0 Å². The van der Waals surface area contributed by atoms with E-state index in [9.17, 15) is 13.2 Å². The molecule has 3 rings (SSSR count). The second-order valence-corrected chi connectivity index (χ2v) is 4.84. The van der Waals surface area contributed by atoms with Crippen molar-refractivity contribution in [1.29, 1.82) is 0 Å². The first-order chi connectivity index (χ1) is 9.99. The van der Waals surface area contributed by atoms with Crippen LogP contribution in [-0.2, 0) is 25.7 Å². The number of nitrogens with zero attached hydrogens (tertiary/aromatic N) is 4. The molecule has 0 saturated heterocycles. The number of aryl methyl sites for hydroxylation is 1. The zero-order valence-corrected chi connectivity index (χ0v) is 11.4. The highest BCUT2D eigenvalue weighted by molar-refractivity contribution is 5.51. The maximum Gasteiger partial charge on any atom is 0.419 e. The van der Waals surface area contributed by atoms with E-state index in [1.165, 1.54) is 12.3 Å². The van der Waals surface area contributed by atoms with Gasteiger partial charge in [-0.25, -0.2) is 15.0 Å². The molecule has 0 unspecified atom stereocenters. The molecule has 0 saturated carbocycles. The Morgan fingerprint density at radius 1 is 1.24 bits per heavy atom. The summed E-state index contributed by atoms with van der Waals surface area (Å²) in [6, 6.07) is 2.35. The van der Waals surface area contributed by atoms with Crippen molar-refractivity contribution >= 4 is 5.82 Å². The molecule has 21 heavy (non-hydrogen) atoms. The summed E-state index contributed by atoms with van der Waals surface area (Å²) in [5.41, 5.74) is 0.910. The number of alkyl halides is 3. The summed E-state index contributed by atoms with van der Waals surface area (Å²) in [5, 5.41) is 0. The quantitative estimate of drug-likeness (QED) is 0.854. The van der Waals surface area contributed by atoms with Crippen LogP contribution in [0.4, 0.5) is 19.0 Å². The van der Waals surface area contributed by atoms with E-state index in [2.05, 4.69) is 15.0 Å². The lowest BCUT2D eigenvalue weighted by Gasteiger charge is -2.20. The Labute approximate surface area is 119 Å². The van der Waals surface area contributed by atoms with Crippen LogP contribution in [0.3, 0.4) is 0 Å². The molecule has 0 radical (unpaired) electrons. The zero-order chi connectivity index (χ0) is 15.0. The van der Waals surface area contributed by atoms with Crippen LogP contribution in [-0.4, -0.2) is 15.0 Å². The molecule has 0 atom stereocenters. The van der Waals surface area contributed by atoms with E-state index in [-0.39, 0.29) is 5.82 Å². The average Bonchev–Trinajstić information content (AvgIpc) is 2.89. The SMILES string of the molecule is CCc1ncc2c(n1)CN(c1ncccc1C(F)(F)F)C2. The number of hydrogen-bond acceptors (Lipinski definition) is 4. The minimum absolute atomic E-state index is 0.0546. The topological polar surface area (TPSA) is 41.9 Å². The number of hydrogen-bond donors (Lipinski definition) is 0. The van der Waals surface area contributed by atoms with Crippen LogP contribution in [0.15, 0.2) is 24.5 Å². The summed E-state index contributed by atoms with van der Waals surface area (Å²) >= 11 is 0. The maximum atomic E-state index is 13.1. The Kier molecular flexibility index (Phi) is 3.27. The molecule has 110 valence electrons. The molecule has 3 heterocycles. The smallest absolute Gasteiger partial charge is 0.346 e. The summed E-state index contributed by atoms with van der Waals surface area (Å²) in [6.07, 6.45) is -0.655. The molecule has 4 nitrogen and oxygen atoms in total. The Balaban J connectivity index is 1.95. The van der Waals surface area contributed by atoms with Crippen molar-refractivity contribution in [3.8, 4) is 0 Å². The fraction of sp³-hybridized carbons (Fsp3) is 0.357. The zero-order valence-electron chi connectivity index (χ0n) is 11.4. The van der Waals surface area contributed by atoms with Gasteiger partial charge < -0.3 is 4.90 Å². The van der Waals surface area contributed by atoms with Gasteiger partial charge in [-0.15, -0.1) is 0 Å². The minimum Gasteiger partial charge on any atom is -0.346 e. The van der Waals surface area contributed by atoms with E-state index in [0.717, 1.165) is 17.3 Å². The summed E-state index contributed by atoms with van der Waals surface area (Å²) in [4.78, 5) is 14.1. The van der Waals surface area contributed by atoms with Crippen molar-refractivity contribution in [3.05, 3.63) is 47.2 Å². The number of fused-ring (bicyclic) bond motifs is 1. The van der Waals surface area contributed by atoms with Crippen molar-refractivity contribution in [2.24, 2.45) is 0 Å². The highest BCUT2D eigenvalue weighted by atomic mass is 19.4. The first-order valence-electron chi connectivity index (χ1n) is 6.60. The Bertz CT molecular complexity index is 670. The molecule has 1 aliphatic rings. The number of aromatic nitrogens is 3. The molecule has 7 heteroatoms. The third kappa shape index (κ3) is 2.55. The number of rotatable bonds is 2. The minimum atomic E-state index is -4.42. The van der Waals surface area contributed by atoms with Gasteiger partial charge in [-0.2, -0.15) is 13.2 Å². The van der Waals surface area contributed by atoms with Gasteiger partial charge in [-0.1, -0.05) is 6.92 Å². The third-order valence-electron chi connectivity index (χ3n) is 3.41. The van der Waals surface area contributed by atoms with Crippen molar-refractivity contribution in [2.45, 2.75) is 32.6 Å². The molecule has 0 aromatic carbocycles. The van der Waals surface area contributed by atoms with Gasteiger partial charge in [0.05, 0.1) is 17.8 Å². The first-order valence-corrected chi connectivity index (χ1v) is 6.60. The van der Waals surface area contributed by atoms with E-state index in [4.69, 9.17) is 0 Å². The van der Waals surface area contributed by atoms with Gasteiger partial charge in [0.2, 0.25) is 0 Å². The molecule has 0 spiro atoms. The molecule has 0 fully saturated rings. The van der Waals surface area contributed by atoms with E-state index < -0.39 is 11.7 Å². The number of halogens is 3. The standard InChI is InChI=1S/C14H13F3N4/c1-2-12-19-6-9-7-21(8-11(9)20-12)13-10(14(15,16)17)4-3-5-18-13/h3-6H,2,7-8H2,1H3. The Morgan fingerprint density at radius 3 is 2.76 bits per heavy atom. The average molecular weight is 294 g/mol. The molecule has 0 N–H and O–H groups in total. The highest BCUT2D eigenvalue weighted by Crippen LogP contribution is 2.37. The van der Waals surface area contributed by atoms with Gasteiger partial charge in [0.25, 0.3) is 0 Å². The van der Waals surface area contributed by atoms with Crippen LogP contribution < -0.4 is 4.90 Å². The van der Waals surface area contributed by atoms with Crippen LogP contribution in [0.25, 0.3) is 0 Å². The normalized spacial score (nSPS) is 14.4. The predicted octanol–water partition coefficient (Wildman–Crippen LogP) is 2.97. The van der Waals surface area contributed by atoms with Gasteiger partial charge >= 0.3 is 6.18 Å². The third-order valence-corrected chi connectivity index (χ3v) is 3.41. The summed E-state index contributed by atoms with van der Waals surface area (Å²) in [5.74, 6) is 0.647. The van der Waals surface area contributed by atoms with Crippen LogP contribution in [0.2, 0.25) is 0 Å². The monoisotopic (exact) mass is 294 g/mol. The fourth-order valence-electron chi connectivity index (χ4n) is 2.39. The van der Waals surface area contributed by atoms with E-state index in [1.807, 2.05) is 6.92 Å². The first kappa shape index (κ1) is 13.8. The number of pyridine rings is 1. The molecule has 0 bridgehead atoms. The number of anilines is 1. The molecule has 2 aromatic heterocycles. The summed E-state index contributed by atoms with van der Waals surface area (Å²) in [7, 11) is 0. The fourth-order valence-corrected chi connectivity index (χ4v) is 2.39. The van der Waals surface area contributed by atoms with Gasteiger partial charge in [0.15, 0.2) is 0 Å². The van der Waals surface area contributed by atoms with Crippen molar-refractivity contribution in [2.75, 3.05) is 4.90 Å². The molecule has 0 aliphatic carbocycles. The second kappa shape index (κ2) is 4.98. The van der Waals surface area contributed by atoms with Crippen molar-refractivity contribution in [1.82, 2.24) is 15.0 Å².